The molecule has 0 spiro atoms. The van der Waals surface area contributed by atoms with E-state index in [1.807, 2.05) is 0 Å². The average Bonchev–Trinajstić information content (AvgIpc) is 3.18. The zero-order valence-corrected chi connectivity index (χ0v) is 15.6. The summed E-state index contributed by atoms with van der Waals surface area (Å²) in [5.74, 6) is -5.16. The van der Waals surface area contributed by atoms with Crippen LogP contribution in [-0.4, -0.2) is 25.8 Å². The number of hydrogen-bond acceptors (Lipinski definition) is 5. The van der Waals surface area contributed by atoms with Gasteiger partial charge in [0.05, 0.1) is 4.90 Å². The van der Waals surface area contributed by atoms with Gasteiger partial charge in [-0.15, -0.1) is 4.36 Å². The van der Waals surface area contributed by atoms with Gasteiger partial charge in [0.25, 0.3) is 5.91 Å². The minimum atomic E-state index is -5.57. The van der Waals surface area contributed by atoms with Crippen molar-refractivity contribution < 1.29 is 44.3 Å². The van der Waals surface area contributed by atoms with Crippen molar-refractivity contribution in [2.24, 2.45) is 4.36 Å². The molecule has 0 aliphatic heterocycles. The van der Waals surface area contributed by atoms with Crippen molar-refractivity contribution in [3.8, 4) is 11.4 Å². The summed E-state index contributed by atoms with van der Waals surface area (Å²) in [7, 11) is -5.50. The van der Waals surface area contributed by atoms with Crippen molar-refractivity contribution in [3.63, 3.8) is 0 Å². The van der Waals surface area contributed by atoms with Crippen LogP contribution < -0.4 is 0 Å². The van der Waals surface area contributed by atoms with Crippen LogP contribution in [0.25, 0.3) is 11.4 Å². The van der Waals surface area contributed by atoms with Gasteiger partial charge in [0.2, 0.25) is 5.82 Å². The number of benzene rings is 2. The Labute approximate surface area is 168 Å². The molecule has 14 heteroatoms. The van der Waals surface area contributed by atoms with Gasteiger partial charge in [0.15, 0.2) is 9.73 Å². The Bertz CT molecular complexity index is 1240. The number of carbonyl (C=O) groups is 1. The second-order valence-electron chi connectivity index (χ2n) is 5.80. The van der Waals surface area contributed by atoms with Gasteiger partial charge in [0.1, 0.15) is 5.82 Å². The van der Waals surface area contributed by atoms with Crippen LogP contribution >= 0.6 is 0 Å². The third kappa shape index (κ3) is 4.42. The molecule has 2 aromatic carbocycles. The van der Waals surface area contributed by atoms with Crippen molar-refractivity contribution in [2.75, 3.05) is 0 Å². The highest BCUT2D eigenvalue weighted by Crippen LogP contribution is 2.34. The van der Waals surface area contributed by atoms with Crippen LogP contribution in [-0.2, 0) is 15.9 Å². The lowest BCUT2D eigenvalue weighted by Crippen LogP contribution is -2.25. The Morgan fingerprint density at radius 1 is 0.968 bits per heavy atom. The summed E-state index contributed by atoms with van der Waals surface area (Å²) in [6.07, 6.45) is -4.88. The Balaban J connectivity index is 1.98. The zero-order valence-electron chi connectivity index (χ0n) is 14.7. The number of carbonyl (C=O) groups excluding carboxylic acids is 1. The topological polar surface area (TPSA) is 85.4 Å². The van der Waals surface area contributed by atoms with Crippen LogP contribution in [0.5, 0.6) is 0 Å². The first kappa shape index (κ1) is 22.4. The summed E-state index contributed by atoms with van der Waals surface area (Å²) in [5, 5.41) is 3.12. The second-order valence-corrected chi connectivity index (χ2v) is 7.93. The predicted octanol–water partition coefficient (Wildman–Crippen LogP) is 5.08. The molecule has 1 amide bonds. The fourth-order valence-corrected chi connectivity index (χ4v) is 3.67. The number of aromatic nitrogens is 2. The van der Waals surface area contributed by atoms with Crippen LogP contribution in [0.4, 0.5) is 30.7 Å². The summed E-state index contributed by atoms with van der Waals surface area (Å²) >= 11 is 0. The lowest BCUT2D eigenvalue weighted by atomic mass is 10.1. The standard InChI is InChI=1S/C17H8F7N3O3S/c18-11-3-1-2-4-12(11)31(29,17(22,23)24)27-14(28)10-7-5-9(6-8-10)13-25-15(30-26-13)16(19,20)21/h1-8H. The molecule has 0 saturated carbocycles. The summed E-state index contributed by atoms with van der Waals surface area (Å²) in [6, 6.07) is 7.15. The molecule has 1 heterocycles. The molecule has 3 aromatic rings. The Morgan fingerprint density at radius 2 is 1.58 bits per heavy atom. The number of hydrogen-bond donors (Lipinski definition) is 0. The molecule has 1 atom stereocenters. The van der Waals surface area contributed by atoms with Crippen LogP contribution in [0.2, 0.25) is 0 Å². The van der Waals surface area contributed by atoms with E-state index < -0.39 is 55.3 Å². The summed E-state index contributed by atoms with van der Waals surface area (Å²) in [6.45, 7) is 0. The number of alkyl halides is 6. The van der Waals surface area contributed by atoms with E-state index in [0.717, 1.165) is 36.4 Å². The van der Waals surface area contributed by atoms with Crippen LogP contribution in [0.15, 0.2) is 62.3 Å². The van der Waals surface area contributed by atoms with Gasteiger partial charge in [-0.3, -0.25) is 4.79 Å². The molecular formula is C17H8F7N3O3S. The highest BCUT2D eigenvalue weighted by atomic mass is 32.2. The molecule has 0 fully saturated rings. The molecule has 3 rings (SSSR count). The van der Waals surface area contributed by atoms with Gasteiger partial charge in [-0.2, -0.15) is 31.3 Å². The van der Waals surface area contributed by atoms with Crippen LogP contribution in [0.3, 0.4) is 0 Å². The molecule has 0 bridgehead atoms. The quantitative estimate of drug-likeness (QED) is 0.502. The SMILES string of the molecule is O=C(N=S(=O)(c1ccccc1F)C(F)(F)F)c1ccc(-c2noc(C(F)(F)F)n2)cc1. The molecule has 6 nitrogen and oxygen atoms in total. The third-order valence-electron chi connectivity index (χ3n) is 3.72. The normalized spacial score (nSPS) is 14.2. The van der Waals surface area contributed by atoms with Gasteiger partial charge >= 0.3 is 17.6 Å². The first-order valence-corrected chi connectivity index (χ1v) is 9.48. The molecule has 0 aliphatic rings. The number of halogens is 7. The molecule has 1 aromatic heterocycles. The summed E-state index contributed by atoms with van der Waals surface area (Å²) < 4.78 is 111. The van der Waals surface area contributed by atoms with Gasteiger partial charge in [-0.05, 0) is 24.3 Å². The van der Waals surface area contributed by atoms with E-state index in [9.17, 15) is 39.7 Å². The minimum Gasteiger partial charge on any atom is -0.329 e. The van der Waals surface area contributed by atoms with E-state index in [0.29, 0.717) is 12.1 Å². The maximum absolute atomic E-state index is 13.8. The van der Waals surface area contributed by atoms with E-state index in [1.54, 1.807) is 0 Å². The van der Waals surface area contributed by atoms with Gasteiger partial charge in [-0.25, -0.2) is 8.60 Å². The highest BCUT2D eigenvalue weighted by Gasteiger charge is 2.46. The molecule has 0 saturated heterocycles. The van der Waals surface area contributed by atoms with Crippen molar-refractivity contribution in [2.45, 2.75) is 16.6 Å². The van der Waals surface area contributed by atoms with Crippen molar-refractivity contribution in [1.29, 1.82) is 0 Å². The van der Waals surface area contributed by atoms with E-state index in [1.165, 1.54) is 0 Å². The molecule has 0 radical (unpaired) electrons. The molecule has 0 N–H and O–H groups in total. The number of nitrogens with zero attached hydrogens (tertiary/aromatic N) is 3. The van der Waals surface area contributed by atoms with E-state index >= 15 is 0 Å². The maximum atomic E-state index is 13.8. The predicted molar refractivity (Wildman–Crippen MR) is 90.4 cm³/mol. The molecule has 1 unspecified atom stereocenters. The Morgan fingerprint density at radius 3 is 2.10 bits per heavy atom. The molecule has 0 aliphatic carbocycles. The fraction of sp³-hybridized carbons (Fsp3) is 0.118. The zero-order chi connectivity index (χ0) is 23.0. The first-order valence-electron chi connectivity index (χ1n) is 7.96. The lowest BCUT2D eigenvalue weighted by Gasteiger charge is -2.14. The fourth-order valence-electron chi connectivity index (χ4n) is 2.28. The second kappa shape index (κ2) is 7.76. The highest BCUT2D eigenvalue weighted by molar-refractivity contribution is 7.94. The third-order valence-corrected chi connectivity index (χ3v) is 5.70. The lowest BCUT2D eigenvalue weighted by molar-refractivity contribution is -0.159. The van der Waals surface area contributed by atoms with E-state index in [2.05, 4.69) is 19.0 Å². The Kier molecular flexibility index (Phi) is 5.60. The Hall–Kier alpha value is -3.29. The minimum absolute atomic E-state index is 0.0542. The smallest absolute Gasteiger partial charge is 0.329 e. The van der Waals surface area contributed by atoms with Crippen molar-refractivity contribution >= 4 is 15.6 Å². The van der Waals surface area contributed by atoms with Crippen molar-refractivity contribution in [3.05, 3.63) is 65.8 Å². The molecule has 164 valence electrons. The van der Waals surface area contributed by atoms with Crippen molar-refractivity contribution in [1.82, 2.24) is 10.1 Å². The first-order chi connectivity index (χ1) is 14.3. The number of amides is 1. The summed E-state index contributed by atoms with van der Waals surface area (Å²) in [4.78, 5) is 14.0. The van der Waals surface area contributed by atoms with Gasteiger partial charge in [-0.1, -0.05) is 29.4 Å². The summed E-state index contributed by atoms with van der Waals surface area (Å²) in [5.41, 5.74) is -6.11. The number of rotatable bonds is 3. The van der Waals surface area contributed by atoms with Crippen LogP contribution in [0, 0.1) is 5.82 Å². The van der Waals surface area contributed by atoms with E-state index in [4.69, 9.17) is 0 Å². The molecule has 31 heavy (non-hydrogen) atoms. The maximum Gasteiger partial charge on any atom is 0.484 e. The monoisotopic (exact) mass is 467 g/mol. The average molecular weight is 467 g/mol. The van der Waals surface area contributed by atoms with E-state index in [-0.39, 0.29) is 5.56 Å². The van der Waals surface area contributed by atoms with Gasteiger partial charge in [0, 0.05) is 11.1 Å². The van der Waals surface area contributed by atoms with Crippen LogP contribution in [0.1, 0.15) is 16.2 Å². The van der Waals surface area contributed by atoms with Gasteiger partial charge < -0.3 is 4.52 Å². The largest absolute Gasteiger partial charge is 0.484 e. The molecular weight excluding hydrogens is 459 g/mol.